The molecule has 1 aliphatic carbocycles. The Kier molecular flexibility index (Phi) is 2.77. The van der Waals surface area contributed by atoms with Crippen molar-refractivity contribution in [3.63, 3.8) is 0 Å². The average Bonchev–Trinajstić information content (AvgIpc) is 3.12. The van der Waals surface area contributed by atoms with Crippen LogP contribution in [-0.4, -0.2) is 38.7 Å². The van der Waals surface area contributed by atoms with E-state index in [1.807, 2.05) is 10.6 Å². The van der Waals surface area contributed by atoms with E-state index in [1.54, 1.807) is 12.4 Å². The number of aliphatic hydroxyl groups is 1. The molecule has 2 heterocycles. The highest BCUT2D eigenvalue weighted by molar-refractivity contribution is 5.67. The van der Waals surface area contributed by atoms with Gasteiger partial charge in [0.2, 0.25) is 0 Å². The van der Waals surface area contributed by atoms with E-state index in [4.69, 9.17) is 5.84 Å². The van der Waals surface area contributed by atoms with Crippen LogP contribution in [0.4, 0.5) is 11.6 Å². The first-order chi connectivity index (χ1) is 8.83. The fourth-order valence-electron chi connectivity index (χ4n) is 2.13. The van der Waals surface area contributed by atoms with Gasteiger partial charge in [0.15, 0.2) is 17.3 Å². The van der Waals surface area contributed by atoms with Gasteiger partial charge in [0, 0.05) is 25.0 Å². The molecule has 0 aromatic carbocycles. The van der Waals surface area contributed by atoms with Crippen molar-refractivity contribution in [1.29, 1.82) is 0 Å². The molecule has 1 saturated carbocycles. The quantitative estimate of drug-likeness (QED) is 0.508. The second-order valence-electron chi connectivity index (χ2n) is 4.40. The third kappa shape index (κ3) is 1.87. The molecular formula is C11H16N6O. The molecule has 96 valence electrons. The molecule has 0 amide bonds. The third-order valence-electron chi connectivity index (χ3n) is 3.10. The van der Waals surface area contributed by atoms with Crippen molar-refractivity contribution in [3.8, 4) is 0 Å². The number of nitrogens with zero attached hydrogens (tertiary/aromatic N) is 4. The molecule has 7 nitrogen and oxygen atoms in total. The summed E-state index contributed by atoms with van der Waals surface area (Å²) in [5, 5.41) is 9.19. The first-order valence-electron chi connectivity index (χ1n) is 6.01. The van der Waals surface area contributed by atoms with E-state index in [2.05, 4.69) is 20.3 Å². The number of fused-ring (bicyclic) bond motifs is 1. The largest absolute Gasteiger partial charge is 0.395 e. The Bertz CT molecular complexity index is 549. The molecule has 7 heteroatoms. The first-order valence-corrected chi connectivity index (χ1v) is 6.01. The Balaban J connectivity index is 2.09. The van der Waals surface area contributed by atoms with Crippen LogP contribution in [0.2, 0.25) is 0 Å². The summed E-state index contributed by atoms with van der Waals surface area (Å²) in [6.07, 6.45) is 7.63. The summed E-state index contributed by atoms with van der Waals surface area (Å²) in [5.41, 5.74) is 3.34. The van der Waals surface area contributed by atoms with Gasteiger partial charge in [-0.05, 0) is 12.8 Å². The van der Waals surface area contributed by atoms with Gasteiger partial charge in [0.25, 0.3) is 0 Å². The van der Waals surface area contributed by atoms with Crippen LogP contribution in [0.3, 0.4) is 0 Å². The summed E-state index contributed by atoms with van der Waals surface area (Å²) in [4.78, 5) is 10.9. The maximum absolute atomic E-state index is 9.19. The van der Waals surface area contributed by atoms with Crippen LogP contribution >= 0.6 is 0 Å². The van der Waals surface area contributed by atoms with Gasteiger partial charge in [-0.15, -0.1) is 0 Å². The second kappa shape index (κ2) is 4.43. The van der Waals surface area contributed by atoms with E-state index >= 15 is 0 Å². The minimum Gasteiger partial charge on any atom is -0.395 e. The van der Waals surface area contributed by atoms with Crippen LogP contribution in [-0.2, 0) is 0 Å². The molecule has 0 atom stereocenters. The number of rotatable bonds is 5. The molecule has 0 saturated heterocycles. The topological polar surface area (TPSA) is 91.7 Å². The first kappa shape index (κ1) is 11.2. The Morgan fingerprint density at radius 1 is 1.56 bits per heavy atom. The van der Waals surface area contributed by atoms with Gasteiger partial charge >= 0.3 is 0 Å². The normalized spacial score (nSPS) is 15.0. The summed E-state index contributed by atoms with van der Waals surface area (Å²) in [5.74, 6) is 6.78. The van der Waals surface area contributed by atoms with Crippen LogP contribution in [0, 0.1) is 0 Å². The smallest absolute Gasteiger partial charge is 0.180 e. The number of aromatic nitrogens is 3. The van der Waals surface area contributed by atoms with Crippen molar-refractivity contribution in [3.05, 3.63) is 18.6 Å². The lowest BCUT2D eigenvalue weighted by Gasteiger charge is -2.23. The predicted molar refractivity (Wildman–Crippen MR) is 68.3 cm³/mol. The minimum atomic E-state index is 0.103. The molecule has 0 unspecified atom stereocenters. The van der Waals surface area contributed by atoms with E-state index in [0.29, 0.717) is 18.4 Å². The van der Waals surface area contributed by atoms with Gasteiger partial charge in [-0.3, -0.25) is 0 Å². The highest BCUT2D eigenvalue weighted by Gasteiger charge is 2.31. The Hall–Kier alpha value is -1.86. The van der Waals surface area contributed by atoms with Crippen LogP contribution in [0.5, 0.6) is 0 Å². The lowest BCUT2D eigenvalue weighted by atomic mass is 10.4. The Morgan fingerprint density at radius 2 is 2.39 bits per heavy atom. The molecule has 2 aromatic rings. The van der Waals surface area contributed by atoms with Gasteiger partial charge in [-0.1, -0.05) is 0 Å². The zero-order valence-electron chi connectivity index (χ0n) is 9.95. The molecule has 2 aromatic heterocycles. The van der Waals surface area contributed by atoms with Crippen molar-refractivity contribution in [2.24, 2.45) is 5.84 Å². The Labute approximate surface area is 104 Å². The summed E-state index contributed by atoms with van der Waals surface area (Å²) in [6, 6.07) is 0.457. The second-order valence-corrected chi connectivity index (χ2v) is 4.40. The molecule has 1 fully saturated rings. The SMILES string of the molecule is NNc1cn2ccnc2c(N(CCO)C2CC2)n1. The standard InChI is InChI=1S/C11H16N6O/c12-15-9-7-16-4-3-13-10(16)11(14-9)17(5-6-18)8-1-2-8/h3-4,7-8,15,18H,1-2,5-6,12H2. The van der Waals surface area contributed by atoms with Gasteiger partial charge in [-0.25, -0.2) is 15.8 Å². The number of aliphatic hydroxyl groups excluding tert-OH is 1. The maximum atomic E-state index is 9.19. The van der Waals surface area contributed by atoms with E-state index < -0.39 is 0 Å². The van der Waals surface area contributed by atoms with Crippen LogP contribution in [0.15, 0.2) is 18.6 Å². The van der Waals surface area contributed by atoms with Gasteiger partial charge in [0.1, 0.15) is 0 Å². The van der Waals surface area contributed by atoms with E-state index in [0.717, 1.165) is 24.3 Å². The zero-order valence-corrected chi connectivity index (χ0v) is 9.95. The summed E-state index contributed by atoms with van der Waals surface area (Å²) in [6.45, 7) is 0.666. The molecule has 0 radical (unpaired) electrons. The van der Waals surface area contributed by atoms with E-state index in [9.17, 15) is 5.11 Å². The lowest BCUT2D eigenvalue weighted by Crippen LogP contribution is -2.30. The summed E-state index contributed by atoms with van der Waals surface area (Å²) < 4.78 is 1.88. The molecule has 18 heavy (non-hydrogen) atoms. The van der Waals surface area contributed by atoms with Gasteiger partial charge in [-0.2, -0.15) is 0 Å². The monoisotopic (exact) mass is 248 g/mol. The van der Waals surface area contributed by atoms with Crippen molar-refractivity contribution < 1.29 is 5.11 Å². The third-order valence-corrected chi connectivity index (χ3v) is 3.10. The number of imidazole rings is 1. The molecule has 3 rings (SSSR count). The molecule has 0 bridgehead atoms. The van der Waals surface area contributed by atoms with Crippen LogP contribution in [0.25, 0.3) is 5.65 Å². The highest BCUT2D eigenvalue weighted by Crippen LogP contribution is 2.32. The molecule has 4 N–H and O–H groups in total. The molecule has 0 aliphatic heterocycles. The number of hydrogen-bond donors (Lipinski definition) is 3. The van der Waals surface area contributed by atoms with E-state index in [-0.39, 0.29) is 6.61 Å². The average molecular weight is 248 g/mol. The number of hydrogen-bond acceptors (Lipinski definition) is 6. The molecule has 1 aliphatic rings. The van der Waals surface area contributed by atoms with Crippen molar-refractivity contribution in [2.75, 3.05) is 23.5 Å². The lowest BCUT2D eigenvalue weighted by molar-refractivity contribution is 0.301. The minimum absolute atomic E-state index is 0.103. The van der Waals surface area contributed by atoms with Gasteiger partial charge < -0.3 is 19.8 Å². The summed E-state index contributed by atoms with van der Waals surface area (Å²) in [7, 11) is 0. The predicted octanol–water partition coefficient (Wildman–Crippen LogP) is -0.0240. The Morgan fingerprint density at radius 3 is 3.06 bits per heavy atom. The zero-order chi connectivity index (χ0) is 12.5. The molecular weight excluding hydrogens is 232 g/mol. The number of hydrazine groups is 1. The van der Waals surface area contributed by atoms with Crippen LogP contribution in [0.1, 0.15) is 12.8 Å². The number of anilines is 2. The van der Waals surface area contributed by atoms with Crippen molar-refractivity contribution >= 4 is 17.3 Å². The maximum Gasteiger partial charge on any atom is 0.180 e. The van der Waals surface area contributed by atoms with Crippen LogP contribution < -0.4 is 16.2 Å². The summed E-state index contributed by atoms with van der Waals surface area (Å²) >= 11 is 0. The number of nitrogens with two attached hydrogens (primary N) is 1. The van der Waals surface area contributed by atoms with Crippen molar-refractivity contribution in [1.82, 2.24) is 14.4 Å². The fraction of sp³-hybridized carbons (Fsp3) is 0.455. The highest BCUT2D eigenvalue weighted by atomic mass is 16.3. The number of nitrogen functional groups attached to an aromatic ring is 1. The molecule has 0 spiro atoms. The fourth-order valence-corrected chi connectivity index (χ4v) is 2.13. The van der Waals surface area contributed by atoms with Crippen molar-refractivity contribution in [2.45, 2.75) is 18.9 Å². The number of nitrogens with one attached hydrogen (secondary N) is 1. The van der Waals surface area contributed by atoms with Gasteiger partial charge in [0.05, 0.1) is 12.8 Å². The van der Waals surface area contributed by atoms with E-state index in [1.165, 1.54) is 0 Å².